The van der Waals surface area contributed by atoms with Crippen molar-refractivity contribution >= 4 is 39.2 Å². The zero-order chi connectivity index (χ0) is 21.9. The molecule has 1 saturated carbocycles. The summed E-state index contributed by atoms with van der Waals surface area (Å²) in [7, 11) is 0. The van der Waals surface area contributed by atoms with Gasteiger partial charge in [0.25, 0.3) is 5.56 Å². The Morgan fingerprint density at radius 1 is 1.28 bits per heavy atom. The third kappa shape index (κ3) is 4.68. The summed E-state index contributed by atoms with van der Waals surface area (Å²) < 4.78 is 6.04. The summed E-state index contributed by atoms with van der Waals surface area (Å²) in [5.74, 6) is 1.96. The molecule has 0 aromatic carbocycles. The number of aromatic amines is 1. The van der Waals surface area contributed by atoms with Crippen LogP contribution in [0.2, 0.25) is 0 Å². The van der Waals surface area contributed by atoms with E-state index in [2.05, 4.69) is 20.3 Å². The highest BCUT2D eigenvalue weighted by Gasteiger charge is 2.21. The number of rotatable bonds is 8. The van der Waals surface area contributed by atoms with Crippen molar-refractivity contribution in [3.63, 3.8) is 0 Å². The fourth-order valence-electron chi connectivity index (χ4n) is 4.43. The van der Waals surface area contributed by atoms with Gasteiger partial charge in [-0.15, -0.1) is 23.1 Å². The van der Waals surface area contributed by atoms with Gasteiger partial charge in [-0.3, -0.25) is 9.59 Å². The Labute approximate surface area is 194 Å². The third-order valence-electron chi connectivity index (χ3n) is 6.00. The number of ether oxygens (including phenoxy) is 1. The second-order valence-corrected chi connectivity index (χ2v) is 10.4. The van der Waals surface area contributed by atoms with E-state index >= 15 is 0 Å². The molecule has 0 atom stereocenters. The van der Waals surface area contributed by atoms with Gasteiger partial charge in [-0.05, 0) is 56.6 Å². The van der Waals surface area contributed by atoms with Gasteiger partial charge < -0.3 is 15.0 Å². The van der Waals surface area contributed by atoms with Crippen LogP contribution in [0.3, 0.4) is 0 Å². The number of nitrogens with one attached hydrogen (secondary N) is 2. The summed E-state index contributed by atoms with van der Waals surface area (Å²) >= 11 is 3.08. The van der Waals surface area contributed by atoms with Crippen LogP contribution in [0, 0.1) is 0 Å². The maximum Gasteiger partial charge on any atom is 0.259 e. The van der Waals surface area contributed by atoms with Crippen molar-refractivity contribution in [1.82, 2.24) is 20.3 Å². The molecule has 0 spiro atoms. The predicted octanol–water partition coefficient (Wildman–Crippen LogP) is 3.74. The summed E-state index contributed by atoms with van der Waals surface area (Å²) in [6.45, 7) is 0.386. The normalized spacial score (nSPS) is 15.9. The fraction of sp³-hybridized carbons (Fsp3) is 0.478. The molecule has 3 heterocycles. The predicted molar refractivity (Wildman–Crippen MR) is 127 cm³/mol. The number of pyridine rings is 1. The second-order valence-electron chi connectivity index (χ2n) is 8.31. The number of hydrogen-bond donors (Lipinski definition) is 2. The molecule has 0 saturated heterocycles. The van der Waals surface area contributed by atoms with Crippen LogP contribution in [0.1, 0.15) is 53.9 Å². The lowest BCUT2D eigenvalue weighted by atomic mass is 10.2. The molecule has 0 aliphatic heterocycles. The van der Waals surface area contributed by atoms with Gasteiger partial charge in [0.15, 0.2) is 0 Å². The SMILES string of the molecule is O=C(CSCc1nc2sc3c(c2c(=O)[nH]1)CCC3)NCc1cccnc1OC1CCCC1. The van der Waals surface area contributed by atoms with Gasteiger partial charge in [-0.1, -0.05) is 6.07 Å². The van der Waals surface area contributed by atoms with E-state index in [0.717, 1.165) is 47.9 Å². The molecule has 2 aliphatic rings. The van der Waals surface area contributed by atoms with Gasteiger partial charge in [0.2, 0.25) is 11.8 Å². The highest BCUT2D eigenvalue weighted by atomic mass is 32.2. The Kier molecular flexibility index (Phi) is 6.45. The van der Waals surface area contributed by atoms with E-state index in [0.29, 0.717) is 29.8 Å². The molecule has 1 fully saturated rings. The number of aryl methyl sites for hydroxylation is 2. The largest absolute Gasteiger partial charge is 0.474 e. The van der Waals surface area contributed by atoms with E-state index in [1.54, 1.807) is 17.5 Å². The van der Waals surface area contributed by atoms with E-state index in [1.807, 2.05) is 12.1 Å². The van der Waals surface area contributed by atoms with E-state index < -0.39 is 0 Å². The second kappa shape index (κ2) is 9.62. The summed E-state index contributed by atoms with van der Waals surface area (Å²) in [4.78, 5) is 38.9. The maximum atomic E-state index is 12.5. The quantitative estimate of drug-likeness (QED) is 0.521. The van der Waals surface area contributed by atoms with Crippen LogP contribution in [0.5, 0.6) is 5.88 Å². The van der Waals surface area contributed by atoms with Crippen LogP contribution in [0.15, 0.2) is 23.1 Å². The summed E-state index contributed by atoms with van der Waals surface area (Å²) in [5.41, 5.74) is 2.02. The van der Waals surface area contributed by atoms with E-state index in [1.165, 1.54) is 35.0 Å². The summed E-state index contributed by atoms with van der Waals surface area (Å²) in [6, 6.07) is 3.79. The molecule has 168 valence electrons. The molecule has 5 rings (SSSR count). The number of fused-ring (bicyclic) bond motifs is 3. The van der Waals surface area contributed by atoms with Crippen molar-refractivity contribution in [3.05, 3.63) is 50.5 Å². The molecule has 9 heteroatoms. The number of hydrogen-bond acceptors (Lipinski definition) is 7. The van der Waals surface area contributed by atoms with Crippen LogP contribution < -0.4 is 15.6 Å². The minimum Gasteiger partial charge on any atom is -0.474 e. The zero-order valence-corrected chi connectivity index (χ0v) is 19.4. The molecule has 0 radical (unpaired) electrons. The molecule has 1 amide bonds. The monoisotopic (exact) mass is 470 g/mol. The standard InChI is InChI=1S/C23H26N4O3S2/c28-19(25-11-14-5-4-10-24-22(14)30-15-6-1-2-7-15)13-31-12-18-26-21(29)20-16-8-3-9-17(16)32-23(20)27-18/h4-5,10,15H,1-3,6-9,11-13H2,(H,25,28)(H,26,27,29). The fourth-order valence-corrected chi connectivity index (χ4v) is 6.43. The van der Waals surface area contributed by atoms with Gasteiger partial charge in [0.05, 0.1) is 16.9 Å². The number of thiophene rings is 1. The number of aromatic nitrogens is 3. The molecule has 32 heavy (non-hydrogen) atoms. The summed E-state index contributed by atoms with van der Waals surface area (Å²) in [6.07, 6.45) is 9.61. The first-order chi connectivity index (χ1) is 15.7. The van der Waals surface area contributed by atoms with Gasteiger partial charge in [0.1, 0.15) is 16.8 Å². The molecular weight excluding hydrogens is 444 g/mol. The summed E-state index contributed by atoms with van der Waals surface area (Å²) in [5, 5.41) is 3.71. The van der Waals surface area contributed by atoms with Crippen molar-refractivity contribution in [2.24, 2.45) is 0 Å². The number of carbonyl (C=O) groups is 1. The molecule has 2 aliphatic carbocycles. The van der Waals surface area contributed by atoms with E-state index in [-0.39, 0.29) is 17.6 Å². The number of H-pyrrole nitrogens is 1. The third-order valence-corrected chi connectivity index (χ3v) is 8.13. The smallest absolute Gasteiger partial charge is 0.259 e. The molecule has 3 aromatic heterocycles. The minimum atomic E-state index is -0.0656. The van der Waals surface area contributed by atoms with Crippen molar-refractivity contribution in [2.75, 3.05) is 5.75 Å². The number of carbonyl (C=O) groups excluding carboxylic acids is 1. The molecule has 3 aromatic rings. The number of nitrogens with zero attached hydrogens (tertiary/aromatic N) is 2. The lowest BCUT2D eigenvalue weighted by molar-refractivity contribution is -0.118. The Balaban J connectivity index is 1.13. The molecule has 2 N–H and O–H groups in total. The Morgan fingerprint density at radius 2 is 2.16 bits per heavy atom. The average molecular weight is 471 g/mol. The van der Waals surface area contributed by atoms with Crippen LogP contribution in [0.4, 0.5) is 0 Å². The van der Waals surface area contributed by atoms with Crippen LogP contribution in [0.25, 0.3) is 10.2 Å². The van der Waals surface area contributed by atoms with Gasteiger partial charge in [-0.25, -0.2) is 9.97 Å². The topological polar surface area (TPSA) is 97.0 Å². The van der Waals surface area contributed by atoms with Crippen molar-refractivity contribution in [3.8, 4) is 5.88 Å². The van der Waals surface area contributed by atoms with Crippen LogP contribution in [-0.4, -0.2) is 32.7 Å². The number of amides is 1. The zero-order valence-electron chi connectivity index (χ0n) is 17.8. The molecule has 0 unspecified atom stereocenters. The van der Waals surface area contributed by atoms with Crippen LogP contribution in [-0.2, 0) is 29.9 Å². The van der Waals surface area contributed by atoms with Crippen molar-refractivity contribution in [2.45, 2.75) is 63.3 Å². The van der Waals surface area contributed by atoms with Crippen molar-refractivity contribution < 1.29 is 9.53 Å². The molecule has 7 nitrogen and oxygen atoms in total. The maximum absolute atomic E-state index is 12.5. The Bertz CT molecular complexity index is 1180. The lowest BCUT2D eigenvalue weighted by Gasteiger charge is -2.15. The van der Waals surface area contributed by atoms with Crippen LogP contribution >= 0.6 is 23.1 Å². The van der Waals surface area contributed by atoms with Gasteiger partial charge >= 0.3 is 0 Å². The first kappa shape index (κ1) is 21.5. The lowest BCUT2D eigenvalue weighted by Crippen LogP contribution is -2.25. The van der Waals surface area contributed by atoms with E-state index in [4.69, 9.17) is 4.74 Å². The minimum absolute atomic E-state index is 0.0548. The Hall–Kier alpha value is -2.39. The number of thioether (sulfide) groups is 1. The first-order valence-corrected chi connectivity index (χ1v) is 13.1. The molecule has 0 bridgehead atoms. The first-order valence-electron chi connectivity index (χ1n) is 11.2. The highest BCUT2D eigenvalue weighted by molar-refractivity contribution is 7.99. The van der Waals surface area contributed by atoms with Gasteiger partial charge in [0, 0.05) is 23.2 Å². The van der Waals surface area contributed by atoms with Gasteiger partial charge in [-0.2, -0.15) is 0 Å². The average Bonchev–Trinajstić information content (AvgIpc) is 3.51. The highest BCUT2D eigenvalue weighted by Crippen LogP contribution is 2.34. The van der Waals surface area contributed by atoms with E-state index in [9.17, 15) is 9.59 Å². The van der Waals surface area contributed by atoms with Crippen molar-refractivity contribution in [1.29, 1.82) is 0 Å². The Morgan fingerprint density at radius 3 is 3.03 bits per heavy atom. The molecular formula is C23H26N4O3S2.